The van der Waals surface area contributed by atoms with Crippen molar-refractivity contribution in [1.82, 2.24) is 0 Å². The average Bonchev–Trinajstić information content (AvgIpc) is 2.91. The molecule has 0 aliphatic rings. The van der Waals surface area contributed by atoms with Gasteiger partial charge in [0.15, 0.2) is 0 Å². The highest BCUT2D eigenvalue weighted by molar-refractivity contribution is 5.89. The summed E-state index contributed by atoms with van der Waals surface area (Å²) in [5.74, 6) is -0.356. The fourth-order valence-electron chi connectivity index (χ4n) is 2.56. The number of ether oxygens (including phenoxy) is 9. The van der Waals surface area contributed by atoms with Gasteiger partial charge in [0.2, 0.25) is 0 Å². The second kappa shape index (κ2) is 26.4. The van der Waals surface area contributed by atoms with E-state index >= 15 is 0 Å². The Morgan fingerprint density at radius 2 is 0.778 bits per heavy atom. The number of carbonyl (C=O) groups excluding carboxylic acids is 1. The lowest BCUT2D eigenvalue weighted by molar-refractivity contribution is -0.0249. The molecule has 1 rings (SSSR count). The lowest BCUT2D eigenvalue weighted by atomic mass is 10.2. The van der Waals surface area contributed by atoms with Crippen molar-refractivity contribution < 1.29 is 52.5 Å². The first-order valence-corrected chi connectivity index (χ1v) is 12.3. The summed E-state index contributed by atoms with van der Waals surface area (Å²) < 4.78 is 47.9. The van der Waals surface area contributed by atoms with Crippen molar-refractivity contribution in [2.45, 2.75) is 0 Å². The maximum Gasteiger partial charge on any atom is 0.338 e. The normalized spacial score (nSPS) is 11.1. The van der Waals surface area contributed by atoms with Crippen LogP contribution in [-0.2, 0) is 42.6 Å². The van der Waals surface area contributed by atoms with Crippen molar-refractivity contribution in [2.75, 3.05) is 119 Å². The van der Waals surface area contributed by atoms with Gasteiger partial charge in [0.25, 0.3) is 0 Å². The average molecular weight is 519 g/mol. The van der Waals surface area contributed by atoms with Crippen LogP contribution in [0.4, 0.5) is 0 Å². The van der Waals surface area contributed by atoms with Crippen LogP contribution in [0.2, 0.25) is 0 Å². The van der Waals surface area contributed by atoms with Crippen molar-refractivity contribution in [1.29, 1.82) is 0 Å². The Hall–Kier alpha value is -1.67. The van der Waals surface area contributed by atoms with E-state index in [0.29, 0.717) is 111 Å². The summed E-state index contributed by atoms with van der Waals surface area (Å²) in [5.41, 5.74) is 0.526. The molecule has 0 spiro atoms. The molecule has 0 atom stereocenters. The fraction of sp³-hybridized carbons (Fsp3) is 0.720. The number of aliphatic hydroxyl groups excluding tert-OH is 1. The molecule has 0 bridgehead atoms. The molecule has 11 nitrogen and oxygen atoms in total. The van der Waals surface area contributed by atoms with Crippen molar-refractivity contribution in [3.05, 3.63) is 35.9 Å². The van der Waals surface area contributed by atoms with Crippen molar-refractivity contribution in [3.63, 3.8) is 0 Å². The molecule has 1 N–H and O–H groups in total. The Balaban J connectivity index is 1.67. The van der Waals surface area contributed by atoms with Gasteiger partial charge in [-0.2, -0.15) is 0 Å². The zero-order chi connectivity index (χ0) is 25.8. The first-order valence-electron chi connectivity index (χ1n) is 12.3. The summed E-state index contributed by atoms with van der Waals surface area (Å²) in [6.45, 7) is 7.62. The minimum Gasteiger partial charge on any atom is -0.460 e. The Kier molecular flexibility index (Phi) is 23.7. The predicted octanol–water partition coefficient (Wildman–Crippen LogP) is 0.969. The van der Waals surface area contributed by atoms with Crippen LogP contribution >= 0.6 is 0 Å². The van der Waals surface area contributed by atoms with E-state index in [0.717, 1.165) is 0 Å². The van der Waals surface area contributed by atoms with Crippen LogP contribution < -0.4 is 0 Å². The minimum atomic E-state index is -0.356. The van der Waals surface area contributed by atoms with Crippen molar-refractivity contribution >= 4 is 5.97 Å². The minimum absolute atomic E-state index is 0.0232. The Labute approximate surface area is 213 Å². The summed E-state index contributed by atoms with van der Waals surface area (Å²) >= 11 is 0. The molecule has 1 aromatic rings. The number of hydrogen-bond acceptors (Lipinski definition) is 11. The molecule has 0 heterocycles. The molecule has 0 amide bonds. The molecule has 1 aromatic carbocycles. The van der Waals surface area contributed by atoms with Gasteiger partial charge in [0.1, 0.15) is 6.61 Å². The molecule has 0 aliphatic carbocycles. The molecule has 0 fully saturated rings. The second-order valence-corrected chi connectivity index (χ2v) is 7.12. The largest absolute Gasteiger partial charge is 0.460 e. The van der Waals surface area contributed by atoms with Crippen LogP contribution in [0.5, 0.6) is 0 Å². The molecular weight excluding hydrogens is 476 g/mol. The van der Waals surface area contributed by atoms with Crippen LogP contribution in [0.3, 0.4) is 0 Å². The Morgan fingerprint density at radius 1 is 0.472 bits per heavy atom. The molecule has 0 radical (unpaired) electrons. The second-order valence-electron chi connectivity index (χ2n) is 7.12. The molecule has 0 aliphatic heterocycles. The zero-order valence-electron chi connectivity index (χ0n) is 21.1. The number of hydrogen-bond donors (Lipinski definition) is 1. The van der Waals surface area contributed by atoms with Gasteiger partial charge in [-0.05, 0) is 12.1 Å². The molecule has 36 heavy (non-hydrogen) atoms. The van der Waals surface area contributed by atoms with Gasteiger partial charge >= 0.3 is 5.97 Å². The molecule has 11 heteroatoms. The summed E-state index contributed by atoms with van der Waals surface area (Å²) in [4.78, 5) is 11.7. The molecule has 0 saturated heterocycles. The van der Waals surface area contributed by atoms with E-state index in [-0.39, 0.29) is 19.2 Å². The third-order valence-corrected chi connectivity index (χ3v) is 4.31. The van der Waals surface area contributed by atoms with Gasteiger partial charge in [-0.3, -0.25) is 0 Å². The quantitative estimate of drug-likeness (QED) is 0.132. The van der Waals surface area contributed by atoms with E-state index in [2.05, 4.69) is 0 Å². The van der Waals surface area contributed by atoms with E-state index in [1.807, 2.05) is 6.07 Å². The third-order valence-electron chi connectivity index (χ3n) is 4.31. The number of benzene rings is 1. The monoisotopic (exact) mass is 518 g/mol. The summed E-state index contributed by atoms with van der Waals surface area (Å²) in [5, 5.41) is 8.55. The van der Waals surface area contributed by atoms with Crippen molar-refractivity contribution in [2.24, 2.45) is 0 Å². The van der Waals surface area contributed by atoms with E-state index in [1.54, 1.807) is 24.3 Å². The SMILES string of the molecule is O=C(OCCOCCOCCOCCOCCOCCOCCOCCOCCO)c1ccccc1. The maximum absolute atomic E-state index is 11.7. The standard InChI is InChI=1S/C25H42O11/c26-6-7-28-8-9-29-10-11-30-12-13-31-14-15-32-16-17-33-18-19-34-20-21-35-22-23-36-25(27)24-4-2-1-3-5-24/h1-5,26H,6-23H2. The maximum atomic E-state index is 11.7. The molecular formula is C25H42O11. The highest BCUT2D eigenvalue weighted by atomic mass is 16.6. The van der Waals surface area contributed by atoms with Crippen LogP contribution in [0.25, 0.3) is 0 Å². The fourth-order valence-corrected chi connectivity index (χ4v) is 2.56. The van der Waals surface area contributed by atoms with E-state index in [9.17, 15) is 4.79 Å². The van der Waals surface area contributed by atoms with Crippen molar-refractivity contribution in [3.8, 4) is 0 Å². The van der Waals surface area contributed by atoms with Crippen LogP contribution in [0.15, 0.2) is 30.3 Å². The van der Waals surface area contributed by atoms with Gasteiger partial charge in [0.05, 0.1) is 118 Å². The van der Waals surface area contributed by atoms with Crippen LogP contribution in [0, 0.1) is 0 Å². The Morgan fingerprint density at radius 3 is 1.11 bits per heavy atom. The lowest BCUT2D eigenvalue weighted by Gasteiger charge is -2.09. The summed E-state index contributed by atoms with van der Waals surface area (Å²) in [6, 6.07) is 8.84. The van der Waals surface area contributed by atoms with Gasteiger partial charge in [-0.15, -0.1) is 0 Å². The first-order chi connectivity index (χ1) is 17.8. The number of aliphatic hydroxyl groups is 1. The van der Waals surface area contributed by atoms with Gasteiger partial charge < -0.3 is 47.7 Å². The highest BCUT2D eigenvalue weighted by Crippen LogP contribution is 2.00. The van der Waals surface area contributed by atoms with E-state index < -0.39 is 0 Å². The van der Waals surface area contributed by atoms with E-state index in [4.69, 9.17) is 47.7 Å². The predicted molar refractivity (Wildman–Crippen MR) is 130 cm³/mol. The summed E-state index contributed by atoms with van der Waals surface area (Å²) in [7, 11) is 0. The molecule has 208 valence electrons. The van der Waals surface area contributed by atoms with Crippen LogP contribution in [0.1, 0.15) is 10.4 Å². The number of rotatable bonds is 27. The third kappa shape index (κ3) is 21.6. The van der Waals surface area contributed by atoms with E-state index in [1.165, 1.54) is 0 Å². The number of esters is 1. The Bertz CT molecular complexity index is 589. The molecule has 0 saturated carbocycles. The van der Waals surface area contributed by atoms with Gasteiger partial charge in [0, 0.05) is 0 Å². The van der Waals surface area contributed by atoms with Gasteiger partial charge in [-0.25, -0.2) is 4.79 Å². The smallest absolute Gasteiger partial charge is 0.338 e. The molecule has 0 unspecified atom stereocenters. The van der Waals surface area contributed by atoms with Crippen LogP contribution in [-0.4, -0.2) is 130 Å². The topological polar surface area (TPSA) is 120 Å². The lowest BCUT2D eigenvalue weighted by Crippen LogP contribution is -2.15. The molecule has 0 aromatic heterocycles. The number of carbonyl (C=O) groups is 1. The summed E-state index contributed by atoms with van der Waals surface area (Å²) in [6.07, 6.45) is 0. The van der Waals surface area contributed by atoms with Gasteiger partial charge in [-0.1, -0.05) is 18.2 Å². The first kappa shape index (κ1) is 32.4. The zero-order valence-corrected chi connectivity index (χ0v) is 21.1. The highest BCUT2D eigenvalue weighted by Gasteiger charge is 2.05.